The van der Waals surface area contributed by atoms with Gasteiger partial charge in [-0.1, -0.05) is 25.9 Å². The van der Waals surface area contributed by atoms with Gasteiger partial charge in [0, 0.05) is 11.6 Å². The quantitative estimate of drug-likeness (QED) is 0.882. The molecule has 0 bridgehead atoms. The molecule has 1 N–H and O–H groups in total. The van der Waals surface area contributed by atoms with Crippen LogP contribution in [0.1, 0.15) is 44.6 Å². The Hall–Kier alpha value is -1.75. The minimum atomic E-state index is -0.258. The first-order valence-corrected chi connectivity index (χ1v) is 7.40. The number of halogens is 1. The average molecular weight is 291 g/mol. The van der Waals surface area contributed by atoms with E-state index in [0.29, 0.717) is 17.8 Å². The van der Waals surface area contributed by atoms with E-state index in [1.807, 2.05) is 6.92 Å². The molecule has 0 aliphatic carbocycles. The van der Waals surface area contributed by atoms with E-state index >= 15 is 0 Å². The number of hydrogen-bond donors (Lipinski definition) is 1. The Bertz CT molecular complexity index is 597. The first-order valence-electron chi connectivity index (χ1n) is 7.40. The minimum absolute atomic E-state index is 0.136. The normalized spacial score (nSPS) is 14.1. The van der Waals surface area contributed by atoms with E-state index in [2.05, 4.69) is 36.2 Å². The van der Waals surface area contributed by atoms with Crippen LogP contribution in [0.25, 0.3) is 11.4 Å². The summed E-state index contributed by atoms with van der Waals surface area (Å²) >= 11 is 0. The van der Waals surface area contributed by atoms with Gasteiger partial charge in [0.25, 0.3) is 0 Å². The third-order valence-electron chi connectivity index (χ3n) is 3.77. The second-order valence-corrected chi connectivity index (χ2v) is 5.28. The highest BCUT2D eigenvalue weighted by atomic mass is 19.1. The van der Waals surface area contributed by atoms with E-state index in [1.165, 1.54) is 12.1 Å². The van der Waals surface area contributed by atoms with Gasteiger partial charge in [0.15, 0.2) is 0 Å². The van der Waals surface area contributed by atoms with Crippen LogP contribution >= 0.6 is 0 Å². The number of aromatic nitrogens is 2. The summed E-state index contributed by atoms with van der Waals surface area (Å²) in [5.74, 6) is 1.01. The molecule has 1 aromatic carbocycles. The third kappa shape index (κ3) is 3.47. The summed E-state index contributed by atoms with van der Waals surface area (Å²) in [6.45, 7) is 9.03. The zero-order valence-corrected chi connectivity index (χ0v) is 13.0. The number of aryl methyl sites for hydroxylation is 1. The summed E-state index contributed by atoms with van der Waals surface area (Å²) in [7, 11) is 0. The van der Waals surface area contributed by atoms with Crippen molar-refractivity contribution < 1.29 is 8.91 Å². The molecule has 2 atom stereocenters. The molecule has 4 nitrogen and oxygen atoms in total. The Morgan fingerprint density at radius 2 is 2.10 bits per heavy atom. The SMILES string of the molecule is CCNC(CC)C(C)c1nc(-c2ccc(F)cc2C)no1. The van der Waals surface area contributed by atoms with Crippen molar-refractivity contribution in [3.63, 3.8) is 0 Å². The van der Waals surface area contributed by atoms with E-state index in [0.717, 1.165) is 24.1 Å². The molecular weight excluding hydrogens is 269 g/mol. The van der Waals surface area contributed by atoms with Crippen molar-refractivity contribution in [1.29, 1.82) is 0 Å². The summed E-state index contributed by atoms with van der Waals surface area (Å²) in [6, 6.07) is 4.88. The molecule has 0 spiro atoms. The van der Waals surface area contributed by atoms with E-state index in [-0.39, 0.29) is 11.7 Å². The lowest BCUT2D eigenvalue weighted by molar-refractivity contribution is 0.321. The average Bonchev–Trinajstić information content (AvgIpc) is 2.93. The van der Waals surface area contributed by atoms with E-state index < -0.39 is 0 Å². The van der Waals surface area contributed by atoms with Crippen LogP contribution in [0, 0.1) is 12.7 Å². The molecule has 2 unspecified atom stereocenters. The predicted octanol–water partition coefficient (Wildman–Crippen LogP) is 3.68. The van der Waals surface area contributed by atoms with Crippen molar-refractivity contribution in [3.8, 4) is 11.4 Å². The van der Waals surface area contributed by atoms with Crippen LogP contribution in [0.3, 0.4) is 0 Å². The second kappa shape index (κ2) is 6.80. The molecule has 21 heavy (non-hydrogen) atoms. The highest BCUT2D eigenvalue weighted by molar-refractivity contribution is 5.59. The van der Waals surface area contributed by atoms with Crippen molar-refractivity contribution in [3.05, 3.63) is 35.5 Å². The number of likely N-dealkylation sites (N-methyl/N-ethyl adjacent to an activating group) is 1. The molecule has 0 saturated heterocycles. The van der Waals surface area contributed by atoms with Crippen molar-refractivity contribution in [1.82, 2.24) is 15.5 Å². The molecule has 0 aliphatic heterocycles. The molecule has 1 aromatic heterocycles. The van der Waals surface area contributed by atoms with Crippen LogP contribution in [-0.4, -0.2) is 22.7 Å². The lowest BCUT2D eigenvalue weighted by Gasteiger charge is -2.20. The maximum atomic E-state index is 13.2. The van der Waals surface area contributed by atoms with Gasteiger partial charge in [0.1, 0.15) is 5.82 Å². The van der Waals surface area contributed by atoms with Crippen molar-refractivity contribution in [2.75, 3.05) is 6.54 Å². The van der Waals surface area contributed by atoms with Gasteiger partial charge in [-0.2, -0.15) is 4.98 Å². The van der Waals surface area contributed by atoms with E-state index in [1.54, 1.807) is 6.07 Å². The zero-order valence-electron chi connectivity index (χ0n) is 13.0. The number of benzene rings is 1. The first kappa shape index (κ1) is 15.6. The largest absolute Gasteiger partial charge is 0.339 e. The summed E-state index contributed by atoms with van der Waals surface area (Å²) in [4.78, 5) is 4.48. The lowest BCUT2D eigenvalue weighted by atomic mass is 9.99. The molecule has 2 rings (SSSR count). The fourth-order valence-electron chi connectivity index (χ4n) is 2.52. The summed E-state index contributed by atoms with van der Waals surface area (Å²) in [6.07, 6.45) is 0.988. The Morgan fingerprint density at radius 1 is 1.33 bits per heavy atom. The third-order valence-corrected chi connectivity index (χ3v) is 3.77. The van der Waals surface area contributed by atoms with Crippen molar-refractivity contribution in [2.45, 2.75) is 46.1 Å². The molecule has 2 aromatic rings. The standard InChI is InChI=1S/C16H22FN3O/c1-5-14(18-6-2)11(4)16-19-15(20-21-16)13-8-7-12(17)9-10(13)3/h7-9,11,14,18H,5-6H2,1-4H3. The fourth-order valence-corrected chi connectivity index (χ4v) is 2.52. The monoisotopic (exact) mass is 291 g/mol. The van der Waals surface area contributed by atoms with Crippen LogP contribution in [0.5, 0.6) is 0 Å². The molecule has 0 saturated carbocycles. The van der Waals surface area contributed by atoms with Crippen LogP contribution in [-0.2, 0) is 0 Å². The highest BCUT2D eigenvalue weighted by Crippen LogP contribution is 2.25. The molecule has 0 fully saturated rings. The lowest BCUT2D eigenvalue weighted by Crippen LogP contribution is -2.33. The second-order valence-electron chi connectivity index (χ2n) is 5.28. The van der Waals surface area contributed by atoms with Gasteiger partial charge < -0.3 is 9.84 Å². The number of hydrogen-bond acceptors (Lipinski definition) is 4. The topological polar surface area (TPSA) is 51.0 Å². The summed E-state index contributed by atoms with van der Waals surface area (Å²) in [5.41, 5.74) is 1.60. The van der Waals surface area contributed by atoms with Crippen LogP contribution in [0.15, 0.2) is 22.7 Å². The fraction of sp³-hybridized carbons (Fsp3) is 0.500. The minimum Gasteiger partial charge on any atom is -0.339 e. The van der Waals surface area contributed by atoms with Crippen LogP contribution in [0.4, 0.5) is 4.39 Å². The van der Waals surface area contributed by atoms with Gasteiger partial charge in [-0.3, -0.25) is 0 Å². The Balaban J connectivity index is 2.24. The zero-order chi connectivity index (χ0) is 15.4. The molecule has 0 aliphatic rings. The van der Waals surface area contributed by atoms with Gasteiger partial charge in [0.05, 0.1) is 5.92 Å². The molecular formula is C16H22FN3O. The predicted molar refractivity (Wildman–Crippen MR) is 80.6 cm³/mol. The number of nitrogens with one attached hydrogen (secondary N) is 1. The number of nitrogens with zero attached hydrogens (tertiary/aromatic N) is 2. The van der Waals surface area contributed by atoms with Crippen LogP contribution < -0.4 is 5.32 Å². The van der Waals surface area contributed by atoms with Gasteiger partial charge >= 0.3 is 0 Å². The molecule has 1 heterocycles. The van der Waals surface area contributed by atoms with Crippen LogP contribution in [0.2, 0.25) is 0 Å². The Kier molecular flexibility index (Phi) is 5.07. The first-order chi connectivity index (χ1) is 10.1. The van der Waals surface area contributed by atoms with Gasteiger partial charge in [0.2, 0.25) is 11.7 Å². The van der Waals surface area contributed by atoms with E-state index in [4.69, 9.17) is 4.52 Å². The molecule has 0 amide bonds. The van der Waals surface area contributed by atoms with Gasteiger partial charge in [-0.05, 0) is 43.7 Å². The smallest absolute Gasteiger partial charge is 0.231 e. The van der Waals surface area contributed by atoms with E-state index in [9.17, 15) is 4.39 Å². The Morgan fingerprint density at radius 3 is 2.71 bits per heavy atom. The summed E-state index contributed by atoms with van der Waals surface area (Å²) < 4.78 is 18.6. The highest BCUT2D eigenvalue weighted by Gasteiger charge is 2.23. The van der Waals surface area contributed by atoms with Gasteiger partial charge in [-0.25, -0.2) is 4.39 Å². The van der Waals surface area contributed by atoms with Crippen molar-refractivity contribution in [2.24, 2.45) is 0 Å². The maximum absolute atomic E-state index is 13.2. The molecule has 5 heteroatoms. The maximum Gasteiger partial charge on any atom is 0.231 e. The van der Waals surface area contributed by atoms with Crippen molar-refractivity contribution >= 4 is 0 Å². The molecule has 0 radical (unpaired) electrons. The van der Waals surface area contributed by atoms with Gasteiger partial charge in [-0.15, -0.1) is 0 Å². The molecule has 114 valence electrons. The summed E-state index contributed by atoms with van der Waals surface area (Å²) in [5, 5.41) is 7.46. The Labute approximate surface area is 124 Å². The number of rotatable bonds is 6.